The first kappa shape index (κ1) is 16.2. The Labute approximate surface area is 137 Å². The predicted molar refractivity (Wildman–Crippen MR) is 88.2 cm³/mol. The lowest BCUT2D eigenvalue weighted by molar-refractivity contribution is 0.102. The second kappa shape index (κ2) is 7.17. The van der Waals surface area contributed by atoms with Crippen LogP contribution >= 0.6 is 15.9 Å². The van der Waals surface area contributed by atoms with Gasteiger partial charge in [0.05, 0.1) is 21.3 Å². The number of rotatable bonds is 5. The van der Waals surface area contributed by atoms with Crippen molar-refractivity contribution in [3.8, 4) is 17.2 Å². The van der Waals surface area contributed by atoms with E-state index in [9.17, 15) is 4.79 Å². The van der Waals surface area contributed by atoms with Crippen molar-refractivity contribution in [3.05, 3.63) is 46.4 Å². The van der Waals surface area contributed by atoms with Crippen molar-refractivity contribution in [3.63, 3.8) is 0 Å². The van der Waals surface area contributed by atoms with Crippen LogP contribution in [0.5, 0.6) is 17.2 Å². The van der Waals surface area contributed by atoms with Crippen molar-refractivity contribution in [1.82, 2.24) is 0 Å². The van der Waals surface area contributed by atoms with Crippen LogP contribution in [-0.2, 0) is 0 Å². The monoisotopic (exact) mass is 365 g/mol. The molecule has 0 spiro atoms. The zero-order valence-electron chi connectivity index (χ0n) is 12.5. The average Bonchev–Trinajstić information content (AvgIpc) is 2.55. The van der Waals surface area contributed by atoms with Gasteiger partial charge in [0.25, 0.3) is 5.91 Å². The smallest absolute Gasteiger partial charge is 0.255 e. The second-order valence-corrected chi connectivity index (χ2v) is 5.17. The zero-order chi connectivity index (χ0) is 16.1. The van der Waals surface area contributed by atoms with Crippen LogP contribution in [0, 0.1) is 0 Å². The third kappa shape index (κ3) is 3.51. The van der Waals surface area contributed by atoms with E-state index in [1.807, 2.05) is 0 Å². The van der Waals surface area contributed by atoms with E-state index in [-0.39, 0.29) is 5.91 Å². The molecule has 5 nitrogen and oxygen atoms in total. The lowest BCUT2D eigenvalue weighted by Crippen LogP contribution is -2.12. The normalized spacial score (nSPS) is 10.0. The first-order chi connectivity index (χ1) is 10.6. The maximum Gasteiger partial charge on any atom is 0.255 e. The van der Waals surface area contributed by atoms with E-state index < -0.39 is 0 Å². The molecule has 2 aromatic rings. The highest BCUT2D eigenvalue weighted by Gasteiger charge is 2.15. The second-order valence-electron chi connectivity index (χ2n) is 4.38. The summed E-state index contributed by atoms with van der Waals surface area (Å²) in [5, 5.41) is 2.81. The molecule has 0 bridgehead atoms. The summed E-state index contributed by atoms with van der Waals surface area (Å²) in [6.45, 7) is 0. The molecule has 2 aromatic carbocycles. The number of amides is 1. The van der Waals surface area contributed by atoms with Crippen LogP contribution in [0.15, 0.2) is 40.9 Å². The Kier molecular flexibility index (Phi) is 5.27. The Balaban J connectivity index is 2.29. The molecule has 0 saturated carbocycles. The summed E-state index contributed by atoms with van der Waals surface area (Å²) in [4.78, 5) is 12.4. The highest BCUT2D eigenvalue weighted by atomic mass is 79.9. The topological polar surface area (TPSA) is 56.8 Å². The maximum absolute atomic E-state index is 12.4. The summed E-state index contributed by atoms with van der Waals surface area (Å²) < 4.78 is 16.3. The summed E-state index contributed by atoms with van der Waals surface area (Å²) in [5.41, 5.74) is 1.07. The number of ether oxygens (including phenoxy) is 3. The number of hydrogen-bond acceptors (Lipinski definition) is 4. The lowest BCUT2D eigenvalue weighted by atomic mass is 10.1. The van der Waals surface area contributed by atoms with Gasteiger partial charge in [0, 0.05) is 17.3 Å². The van der Waals surface area contributed by atoms with Crippen molar-refractivity contribution in [2.24, 2.45) is 0 Å². The van der Waals surface area contributed by atoms with E-state index in [1.165, 1.54) is 14.2 Å². The molecule has 0 heterocycles. The van der Waals surface area contributed by atoms with Crippen molar-refractivity contribution in [2.75, 3.05) is 26.6 Å². The van der Waals surface area contributed by atoms with E-state index in [2.05, 4.69) is 21.2 Å². The van der Waals surface area contributed by atoms with Crippen LogP contribution in [0.3, 0.4) is 0 Å². The number of carbonyl (C=O) groups excluding carboxylic acids is 1. The van der Waals surface area contributed by atoms with Crippen LogP contribution in [-0.4, -0.2) is 27.2 Å². The van der Waals surface area contributed by atoms with Crippen molar-refractivity contribution < 1.29 is 19.0 Å². The highest BCUT2D eigenvalue weighted by Crippen LogP contribution is 2.35. The number of methoxy groups -OCH3 is 3. The van der Waals surface area contributed by atoms with Crippen LogP contribution in [0.1, 0.15) is 10.4 Å². The first-order valence-electron chi connectivity index (χ1n) is 6.46. The first-order valence-corrected chi connectivity index (χ1v) is 7.25. The molecule has 2 rings (SSSR count). The number of benzene rings is 2. The third-order valence-corrected chi connectivity index (χ3v) is 3.82. The number of hydrogen-bond donors (Lipinski definition) is 1. The lowest BCUT2D eigenvalue weighted by Gasteiger charge is -2.12. The molecular weight excluding hydrogens is 350 g/mol. The number of anilines is 1. The summed E-state index contributed by atoms with van der Waals surface area (Å²) in [7, 11) is 4.64. The Morgan fingerprint density at radius 2 is 1.64 bits per heavy atom. The summed E-state index contributed by atoms with van der Waals surface area (Å²) in [6.07, 6.45) is 0. The van der Waals surface area contributed by atoms with Crippen LogP contribution < -0.4 is 19.5 Å². The fraction of sp³-hybridized carbons (Fsp3) is 0.188. The Morgan fingerprint density at radius 1 is 1.00 bits per heavy atom. The van der Waals surface area contributed by atoms with E-state index in [4.69, 9.17) is 14.2 Å². The predicted octanol–water partition coefficient (Wildman–Crippen LogP) is 3.73. The fourth-order valence-electron chi connectivity index (χ4n) is 1.90. The van der Waals surface area contributed by atoms with Gasteiger partial charge in [0.1, 0.15) is 21.7 Å². The van der Waals surface area contributed by atoms with Gasteiger partial charge in [0.15, 0.2) is 0 Å². The van der Waals surface area contributed by atoms with Gasteiger partial charge in [-0.2, -0.15) is 0 Å². The fourth-order valence-corrected chi connectivity index (χ4v) is 2.46. The molecule has 0 unspecified atom stereocenters. The van der Waals surface area contributed by atoms with Gasteiger partial charge >= 0.3 is 0 Å². The molecule has 0 atom stereocenters. The summed E-state index contributed by atoms with van der Waals surface area (Å²) in [6, 6.07) is 10.4. The molecule has 1 N–H and O–H groups in total. The standard InChI is InChI=1S/C16H16BrNO4/c1-20-12-6-4-5-11(9-12)18-16(19)10-7-13(21-2)15(17)14(8-10)22-3/h4-9H,1-3H3,(H,18,19). The summed E-state index contributed by atoms with van der Waals surface area (Å²) >= 11 is 3.37. The van der Waals surface area contributed by atoms with E-state index in [0.29, 0.717) is 33.0 Å². The Morgan fingerprint density at radius 3 is 2.18 bits per heavy atom. The molecule has 0 fully saturated rings. The van der Waals surface area contributed by atoms with Gasteiger partial charge in [-0.3, -0.25) is 4.79 Å². The molecule has 0 saturated heterocycles. The SMILES string of the molecule is COc1cccc(NC(=O)c2cc(OC)c(Br)c(OC)c2)c1. The molecule has 0 aromatic heterocycles. The third-order valence-electron chi connectivity index (χ3n) is 3.04. The van der Waals surface area contributed by atoms with E-state index in [1.54, 1.807) is 43.5 Å². The van der Waals surface area contributed by atoms with Gasteiger partial charge in [-0.05, 0) is 40.2 Å². The van der Waals surface area contributed by atoms with E-state index in [0.717, 1.165) is 0 Å². The molecule has 22 heavy (non-hydrogen) atoms. The molecule has 0 aliphatic rings. The molecule has 0 radical (unpaired) electrons. The minimum Gasteiger partial charge on any atom is -0.497 e. The molecular formula is C16H16BrNO4. The van der Waals surface area contributed by atoms with Gasteiger partial charge in [-0.15, -0.1) is 0 Å². The van der Waals surface area contributed by atoms with E-state index >= 15 is 0 Å². The molecule has 0 aliphatic heterocycles. The minimum atomic E-state index is -0.266. The summed E-state index contributed by atoms with van der Waals surface area (Å²) in [5.74, 6) is 1.45. The van der Waals surface area contributed by atoms with Crippen LogP contribution in [0.4, 0.5) is 5.69 Å². The average molecular weight is 366 g/mol. The Bertz CT molecular complexity index is 663. The van der Waals surface area contributed by atoms with Gasteiger partial charge in [-0.1, -0.05) is 6.07 Å². The van der Waals surface area contributed by atoms with Gasteiger partial charge < -0.3 is 19.5 Å². The number of halogens is 1. The number of carbonyl (C=O) groups is 1. The minimum absolute atomic E-state index is 0.266. The highest BCUT2D eigenvalue weighted by molar-refractivity contribution is 9.10. The van der Waals surface area contributed by atoms with Crippen molar-refractivity contribution in [1.29, 1.82) is 0 Å². The maximum atomic E-state index is 12.4. The van der Waals surface area contributed by atoms with Gasteiger partial charge in [-0.25, -0.2) is 0 Å². The molecule has 116 valence electrons. The molecule has 0 aliphatic carbocycles. The zero-order valence-corrected chi connectivity index (χ0v) is 14.1. The molecule has 6 heteroatoms. The largest absolute Gasteiger partial charge is 0.497 e. The van der Waals surface area contributed by atoms with Gasteiger partial charge in [0.2, 0.25) is 0 Å². The van der Waals surface area contributed by atoms with Crippen LogP contribution in [0.25, 0.3) is 0 Å². The number of nitrogens with one attached hydrogen (secondary N) is 1. The van der Waals surface area contributed by atoms with Crippen molar-refractivity contribution >= 4 is 27.5 Å². The molecule has 1 amide bonds. The Hall–Kier alpha value is -2.21. The quantitative estimate of drug-likeness (QED) is 0.876. The van der Waals surface area contributed by atoms with Crippen LogP contribution in [0.2, 0.25) is 0 Å². The van der Waals surface area contributed by atoms with Crippen molar-refractivity contribution in [2.45, 2.75) is 0 Å².